The van der Waals surface area contributed by atoms with Crippen LogP contribution in [0, 0.1) is 28.6 Å². The maximum Gasteiger partial charge on any atom is 0.317 e. The molecule has 2 heterocycles. The standard InChI is InChI=1S/C46H76O5.C23H36O4.C2H5NO.2C2H6/c1-5-8-10-12-14-15-16-17-18-19-20-21-22-25-29-33-40(4)37-38-42(7-3)50-44(47)36-32-28-24-23-27-31-35-41(34-30-26-13-11-9-6-2)43-39-45(48)51-46(43)49;1-3-4-12-16-20(21-18-22(25)27-23(21)26)17-14-11-9-7-5-6-8-10-13-15-19(2)24;1-2-3-4;2*1-2/h10,12,14-15,17-18,31,35,41-43H,4-9,11,13,16,19-30,32-34,36-39H2,1-3H3;9,11,14,17,20-21H,3-8,10,12-13,15-16,18H2,1-2H3;2H2,1H3;2*1-2H3/b12-10+,15-14-,18-17-,35-31+;11-9-,17-14+;;;. The molecule has 86 heavy (non-hydrogen) atoms. The third-order valence-electron chi connectivity index (χ3n) is 15.1. The number of Topliss-reactive ketones (excluding diaryl/α,β-unsaturated/α-hetero) is 1. The monoisotopic (exact) mass is 1200 g/mol. The fraction of sp³-hybridized carbons (Fsp3) is 0.733. The van der Waals surface area contributed by atoms with E-state index in [-0.39, 0.29) is 72.3 Å². The number of cyclic esters (lactones) is 4. The number of nitroso groups, excluding NO2 is 1. The maximum atomic E-state index is 12.5. The van der Waals surface area contributed by atoms with Gasteiger partial charge in [-0.05, 0) is 135 Å². The minimum Gasteiger partial charge on any atom is -0.462 e. The van der Waals surface area contributed by atoms with Gasteiger partial charge in [-0.3, -0.25) is 24.0 Å². The van der Waals surface area contributed by atoms with Crippen LogP contribution in [0.4, 0.5) is 0 Å². The Labute approximate surface area is 527 Å². The van der Waals surface area contributed by atoms with Crippen LogP contribution in [0.25, 0.3) is 0 Å². The zero-order chi connectivity index (χ0) is 64.5. The minimum absolute atomic E-state index is 0.0165. The fourth-order valence-corrected chi connectivity index (χ4v) is 10.0. The lowest BCUT2D eigenvalue weighted by molar-refractivity contribution is -0.155. The van der Waals surface area contributed by atoms with E-state index in [1.807, 2.05) is 39.8 Å². The van der Waals surface area contributed by atoms with E-state index in [1.165, 1.54) is 95.5 Å². The van der Waals surface area contributed by atoms with Crippen molar-refractivity contribution in [1.29, 1.82) is 0 Å². The first kappa shape index (κ1) is 85.4. The minimum atomic E-state index is -0.391. The van der Waals surface area contributed by atoms with Gasteiger partial charge in [-0.2, -0.15) is 4.91 Å². The second-order valence-corrected chi connectivity index (χ2v) is 22.7. The number of ketones is 1. The number of ether oxygens (including phenoxy) is 3. The van der Waals surface area contributed by atoms with E-state index in [0.717, 1.165) is 135 Å². The second-order valence-electron chi connectivity index (χ2n) is 22.7. The highest BCUT2D eigenvalue weighted by molar-refractivity contribution is 5.95. The highest BCUT2D eigenvalue weighted by Gasteiger charge is 2.39. The van der Waals surface area contributed by atoms with Crippen molar-refractivity contribution in [2.24, 2.45) is 28.8 Å². The molecule has 5 atom stereocenters. The van der Waals surface area contributed by atoms with Gasteiger partial charge in [-0.25, -0.2) is 0 Å². The largest absolute Gasteiger partial charge is 0.462 e. The summed E-state index contributed by atoms with van der Waals surface area (Å²) in [5.74, 6) is -1.75. The molecule has 11 heteroatoms. The Bertz CT molecular complexity index is 1870. The number of unbranched alkanes of at least 4 members (excludes halogenated alkanes) is 22. The molecule has 0 aromatic rings. The molecular formula is C75H129NO10. The highest BCUT2D eigenvalue weighted by Crippen LogP contribution is 2.31. The van der Waals surface area contributed by atoms with Crippen molar-refractivity contribution in [3.05, 3.63) is 90.0 Å². The van der Waals surface area contributed by atoms with Gasteiger partial charge in [0.15, 0.2) is 0 Å². The summed E-state index contributed by atoms with van der Waals surface area (Å²) in [5.41, 5.74) is 1.28. The van der Waals surface area contributed by atoms with Crippen LogP contribution in [0.5, 0.6) is 0 Å². The van der Waals surface area contributed by atoms with Crippen LogP contribution in [0.1, 0.15) is 320 Å². The van der Waals surface area contributed by atoms with Crippen LogP contribution in [-0.4, -0.2) is 48.3 Å². The molecule has 0 radical (unpaired) electrons. The third kappa shape index (κ3) is 54.6. The predicted molar refractivity (Wildman–Crippen MR) is 362 cm³/mol. The smallest absolute Gasteiger partial charge is 0.317 e. The van der Waals surface area contributed by atoms with Crippen LogP contribution in [-0.2, 0) is 43.0 Å². The highest BCUT2D eigenvalue weighted by atomic mass is 16.6. The molecule has 2 rings (SSSR count). The van der Waals surface area contributed by atoms with Crippen LogP contribution >= 0.6 is 0 Å². The van der Waals surface area contributed by atoms with E-state index in [2.05, 4.69) is 100 Å². The van der Waals surface area contributed by atoms with Gasteiger partial charge in [0.2, 0.25) is 0 Å². The molecule has 11 nitrogen and oxygen atoms in total. The fourth-order valence-electron chi connectivity index (χ4n) is 10.0. The maximum absolute atomic E-state index is 12.5. The van der Waals surface area contributed by atoms with Crippen molar-refractivity contribution in [2.75, 3.05) is 6.54 Å². The lowest BCUT2D eigenvalue weighted by atomic mass is 9.86. The molecule has 0 aromatic heterocycles. The summed E-state index contributed by atoms with van der Waals surface area (Å²) in [6.45, 7) is 24.7. The van der Waals surface area contributed by atoms with Crippen molar-refractivity contribution >= 4 is 35.6 Å². The van der Waals surface area contributed by atoms with Gasteiger partial charge in [-0.15, -0.1) is 0 Å². The molecule has 2 aliphatic heterocycles. The van der Waals surface area contributed by atoms with Crippen LogP contribution in [0.15, 0.2) is 90.2 Å². The van der Waals surface area contributed by atoms with Gasteiger partial charge < -0.3 is 19.0 Å². The lowest BCUT2D eigenvalue weighted by Gasteiger charge is -2.17. The Morgan fingerprint density at radius 1 is 0.500 bits per heavy atom. The molecular weight excluding hydrogens is 1070 g/mol. The molecule has 494 valence electrons. The van der Waals surface area contributed by atoms with Crippen LogP contribution in [0.2, 0.25) is 0 Å². The zero-order valence-corrected chi connectivity index (χ0v) is 56.8. The summed E-state index contributed by atoms with van der Waals surface area (Å²) >= 11 is 0. The Kier molecular flexibility index (Phi) is 65.7. The molecule has 0 aliphatic carbocycles. The lowest BCUT2D eigenvalue weighted by Crippen LogP contribution is -2.18. The summed E-state index contributed by atoms with van der Waals surface area (Å²) in [5, 5.41) is 2.49. The first-order valence-electron chi connectivity index (χ1n) is 35.0. The topological polar surface area (TPSA) is 160 Å². The normalized spacial score (nSPS) is 15.9. The Balaban J connectivity index is -0.00000164. The summed E-state index contributed by atoms with van der Waals surface area (Å²) in [7, 11) is 0. The van der Waals surface area contributed by atoms with E-state index >= 15 is 0 Å². The van der Waals surface area contributed by atoms with Gasteiger partial charge in [0.25, 0.3) is 0 Å². The first-order chi connectivity index (χ1) is 41.9. The molecule has 0 bridgehead atoms. The average molecular weight is 1200 g/mol. The van der Waals surface area contributed by atoms with Crippen LogP contribution in [0.3, 0.4) is 0 Å². The zero-order valence-electron chi connectivity index (χ0n) is 56.8. The van der Waals surface area contributed by atoms with Gasteiger partial charge in [-0.1, -0.05) is 261 Å². The van der Waals surface area contributed by atoms with Crippen molar-refractivity contribution < 1.29 is 43.0 Å². The molecule has 0 saturated carbocycles. The van der Waals surface area contributed by atoms with Crippen molar-refractivity contribution in [1.82, 2.24) is 0 Å². The molecule has 0 amide bonds. The molecule has 2 fully saturated rings. The summed E-state index contributed by atoms with van der Waals surface area (Å²) < 4.78 is 15.4. The van der Waals surface area contributed by atoms with Gasteiger partial charge in [0, 0.05) is 12.8 Å². The number of carbonyl (C=O) groups is 6. The predicted octanol–water partition coefficient (Wildman–Crippen LogP) is 22.1. The Hall–Kier alpha value is -4.80. The third-order valence-corrected chi connectivity index (χ3v) is 15.1. The molecule has 0 aromatic carbocycles. The van der Waals surface area contributed by atoms with Gasteiger partial charge >= 0.3 is 29.8 Å². The molecule has 2 aliphatic rings. The second kappa shape index (κ2) is 66.2. The summed E-state index contributed by atoms with van der Waals surface area (Å²) in [6.07, 6.45) is 66.3. The number of hydrogen-bond acceptors (Lipinski definition) is 11. The van der Waals surface area contributed by atoms with E-state index < -0.39 is 5.97 Å². The molecule has 0 spiro atoms. The van der Waals surface area contributed by atoms with Crippen molar-refractivity contribution in [3.8, 4) is 0 Å². The Morgan fingerprint density at radius 2 is 0.942 bits per heavy atom. The van der Waals surface area contributed by atoms with E-state index in [4.69, 9.17) is 19.1 Å². The average Bonchev–Trinajstić information content (AvgIpc) is 3.53. The van der Waals surface area contributed by atoms with Gasteiger partial charge in [0.05, 0.1) is 31.2 Å². The van der Waals surface area contributed by atoms with E-state index in [1.54, 1.807) is 13.8 Å². The SMILES string of the molecule is C=C(CCCCCCC/C=C\C/C=C\C=C\CCC)CCC(CC)OC(=O)CCCCCC/C=C/C(CCCCCCCC)C1CC(=O)OC1=O.CC.CC.CCCCCC(/C=C/C=C\CCCCCCCC(C)=O)C1CC(=O)OC1=O.CCN=O. The van der Waals surface area contributed by atoms with Crippen molar-refractivity contribution in [2.45, 2.75) is 326 Å². The van der Waals surface area contributed by atoms with Gasteiger partial charge in [0.1, 0.15) is 11.9 Å². The summed E-state index contributed by atoms with van der Waals surface area (Å²) in [6, 6.07) is 0. The van der Waals surface area contributed by atoms with E-state index in [0.29, 0.717) is 19.4 Å². The number of nitrogens with zero attached hydrogens (tertiary/aromatic N) is 1. The number of rotatable bonds is 50. The van der Waals surface area contributed by atoms with E-state index in [9.17, 15) is 28.8 Å². The number of hydrogen-bond donors (Lipinski definition) is 0. The van der Waals surface area contributed by atoms with Crippen LogP contribution < -0.4 is 0 Å². The number of esters is 5. The number of allylic oxidation sites excluding steroid dienone is 13. The molecule has 2 saturated heterocycles. The molecule has 5 unspecified atom stereocenters. The Morgan fingerprint density at radius 3 is 1.47 bits per heavy atom. The molecule has 0 N–H and O–H groups in total. The first-order valence-corrected chi connectivity index (χ1v) is 35.0. The summed E-state index contributed by atoms with van der Waals surface area (Å²) in [4.78, 5) is 79.4. The van der Waals surface area contributed by atoms with Crippen molar-refractivity contribution in [3.63, 3.8) is 0 Å². The number of carbonyl (C=O) groups excluding carboxylic acids is 6. The quantitative estimate of drug-likeness (QED) is 0.0109.